The number of benzene rings is 1. The maximum atomic E-state index is 11.9. The number of hydrogen-bond acceptors (Lipinski definition) is 2. The van der Waals surface area contributed by atoms with Crippen molar-refractivity contribution in [2.24, 2.45) is 5.92 Å². The van der Waals surface area contributed by atoms with Gasteiger partial charge in [-0.15, -0.1) is 0 Å². The van der Waals surface area contributed by atoms with E-state index in [0.29, 0.717) is 13.0 Å². The molecule has 0 saturated carbocycles. The molecule has 0 aliphatic carbocycles. The fraction of sp³-hybridized carbons (Fsp3) is 0.438. The molecule has 2 amide bonds. The Balaban J connectivity index is 1.89. The molecule has 0 spiro atoms. The first-order valence-electron chi connectivity index (χ1n) is 7.26. The van der Waals surface area contributed by atoms with Crippen molar-refractivity contribution >= 4 is 22.6 Å². The fourth-order valence-corrected chi connectivity index (χ4v) is 2.46. The number of aliphatic hydroxyl groups is 1. The average Bonchev–Trinajstić information content (AvgIpc) is 2.75. The number of carbonyl (C=O) groups excluding carboxylic acids is 1. The molecule has 0 aliphatic rings. The Morgan fingerprint density at radius 3 is 2.81 bits per heavy atom. The molecule has 0 bridgehead atoms. The average molecular weight is 289 g/mol. The monoisotopic (exact) mass is 289 g/mol. The minimum atomic E-state index is -0.343. The van der Waals surface area contributed by atoms with Gasteiger partial charge in [0.15, 0.2) is 0 Å². The fourth-order valence-electron chi connectivity index (χ4n) is 2.46. The van der Waals surface area contributed by atoms with Gasteiger partial charge in [-0.2, -0.15) is 0 Å². The Bertz CT molecular complexity index is 619. The van der Waals surface area contributed by atoms with Gasteiger partial charge in [-0.25, -0.2) is 4.79 Å². The SMILES string of the molecule is Cc1cc2cc(NC(=O)NCC(C)CC(C)O)ccc2[nH]1. The van der Waals surface area contributed by atoms with E-state index in [4.69, 9.17) is 0 Å². The number of H-pyrrole nitrogens is 1. The van der Waals surface area contributed by atoms with Crippen LogP contribution in [0.3, 0.4) is 0 Å². The third kappa shape index (κ3) is 4.49. The smallest absolute Gasteiger partial charge is 0.319 e. The van der Waals surface area contributed by atoms with Gasteiger partial charge in [0.05, 0.1) is 6.10 Å². The Hall–Kier alpha value is -2.01. The number of aromatic nitrogens is 1. The van der Waals surface area contributed by atoms with Crippen molar-refractivity contribution < 1.29 is 9.90 Å². The number of carbonyl (C=O) groups is 1. The molecule has 1 heterocycles. The van der Waals surface area contributed by atoms with Crippen molar-refractivity contribution in [3.63, 3.8) is 0 Å². The zero-order valence-electron chi connectivity index (χ0n) is 12.7. The summed E-state index contributed by atoms with van der Waals surface area (Å²) in [6.45, 7) is 6.30. The van der Waals surface area contributed by atoms with E-state index in [-0.39, 0.29) is 18.1 Å². The zero-order chi connectivity index (χ0) is 15.4. The van der Waals surface area contributed by atoms with Crippen molar-refractivity contribution in [2.45, 2.75) is 33.3 Å². The summed E-state index contributed by atoms with van der Waals surface area (Å²) in [7, 11) is 0. The first kappa shape index (κ1) is 15.4. The lowest BCUT2D eigenvalue weighted by molar-refractivity contribution is 0.163. The number of fused-ring (bicyclic) bond motifs is 1. The van der Waals surface area contributed by atoms with Gasteiger partial charge in [-0.05, 0) is 50.5 Å². The normalized spacial score (nSPS) is 13.9. The van der Waals surface area contributed by atoms with E-state index in [1.807, 2.05) is 38.1 Å². The third-order valence-electron chi connectivity index (χ3n) is 3.37. The number of aliphatic hydroxyl groups excluding tert-OH is 1. The van der Waals surface area contributed by atoms with Crippen LogP contribution in [0.5, 0.6) is 0 Å². The number of nitrogens with one attached hydrogen (secondary N) is 3. The highest BCUT2D eigenvalue weighted by molar-refractivity contribution is 5.92. The maximum absolute atomic E-state index is 11.9. The third-order valence-corrected chi connectivity index (χ3v) is 3.37. The highest BCUT2D eigenvalue weighted by Gasteiger charge is 2.08. The number of amides is 2. The minimum Gasteiger partial charge on any atom is -0.393 e. The summed E-state index contributed by atoms with van der Waals surface area (Å²) in [5.41, 5.74) is 2.92. The van der Waals surface area contributed by atoms with Crippen LogP contribution in [0.4, 0.5) is 10.5 Å². The molecule has 2 atom stereocenters. The Labute approximate surface area is 124 Å². The van der Waals surface area contributed by atoms with Gasteiger partial charge in [0.1, 0.15) is 0 Å². The first-order chi connectivity index (χ1) is 9.94. The van der Waals surface area contributed by atoms with Gasteiger partial charge in [0.2, 0.25) is 0 Å². The molecule has 114 valence electrons. The Morgan fingerprint density at radius 2 is 2.10 bits per heavy atom. The summed E-state index contributed by atoms with van der Waals surface area (Å²) in [6.07, 6.45) is 0.332. The number of aryl methyl sites for hydroxylation is 1. The minimum absolute atomic E-state index is 0.223. The molecule has 0 aliphatic heterocycles. The predicted octanol–water partition coefficient (Wildman–Crippen LogP) is 3.00. The molecule has 1 aromatic heterocycles. The number of rotatable bonds is 5. The van der Waals surface area contributed by atoms with Gasteiger partial charge >= 0.3 is 6.03 Å². The van der Waals surface area contributed by atoms with Crippen LogP contribution in [-0.2, 0) is 0 Å². The lowest BCUT2D eigenvalue weighted by Crippen LogP contribution is -2.33. The largest absolute Gasteiger partial charge is 0.393 e. The maximum Gasteiger partial charge on any atom is 0.319 e. The highest BCUT2D eigenvalue weighted by atomic mass is 16.3. The Kier molecular flexibility index (Phi) is 4.85. The second kappa shape index (κ2) is 6.63. The topological polar surface area (TPSA) is 77.2 Å². The molecule has 0 radical (unpaired) electrons. The lowest BCUT2D eigenvalue weighted by atomic mass is 10.1. The summed E-state index contributed by atoms with van der Waals surface area (Å²) in [4.78, 5) is 15.1. The van der Waals surface area contributed by atoms with Gasteiger partial charge < -0.3 is 20.7 Å². The van der Waals surface area contributed by atoms with Crippen LogP contribution in [0, 0.1) is 12.8 Å². The molecule has 2 aromatic rings. The molecule has 5 nitrogen and oxygen atoms in total. The van der Waals surface area contributed by atoms with Gasteiger partial charge in [-0.3, -0.25) is 0 Å². The molecule has 5 heteroatoms. The van der Waals surface area contributed by atoms with Crippen molar-refractivity contribution in [1.29, 1.82) is 0 Å². The van der Waals surface area contributed by atoms with Crippen LogP contribution in [-0.4, -0.2) is 28.8 Å². The van der Waals surface area contributed by atoms with E-state index in [2.05, 4.69) is 15.6 Å². The van der Waals surface area contributed by atoms with E-state index in [1.165, 1.54) is 0 Å². The summed E-state index contributed by atoms with van der Waals surface area (Å²) in [5.74, 6) is 0.241. The van der Waals surface area contributed by atoms with E-state index in [1.54, 1.807) is 6.92 Å². The molecule has 0 fully saturated rings. The van der Waals surface area contributed by atoms with Crippen LogP contribution in [0.25, 0.3) is 10.9 Å². The van der Waals surface area contributed by atoms with Crippen LogP contribution < -0.4 is 10.6 Å². The number of aromatic amines is 1. The molecule has 2 rings (SSSR count). The van der Waals surface area contributed by atoms with Crippen LogP contribution in [0.15, 0.2) is 24.3 Å². The van der Waals surface area contributed by atoms with Gasteiger partial charge in [0, 0.05) is 28.8 Å². The second-order valence-electron chi connectivity index (χ2n) is 5.78. The van der Waals surface area contributed by atoms with Gasteiger partial charge in [0.25, 0.3) is 0 Å². The summed E-state index contributed by atoms with van der Waals surface area (Å²) >= 11 is 0. The summed E-state index contributed by atoms with van der Waals surface area (Å²) in [5, 5.41) is 16.0. The molecule has 4 N–H and O–H groups in total. The van der Waals surface area contributed by atoms with E-state index in [0.717, 1.165) is 22.3 Å². The number of urea groups is 1. The van der Waals surface area contributed by atoms with E-state index < -0.39 is 0 Å². The van der Waals surface area contributed by atoms with Crippen LogP contribution in [0.1, 0.15) is 26.0 Å². The molecule has 2 unspecified atom stereocenters. The van der Waals surface area contributed by atoms with Crippen molar-refractivity contribution in [1.82, 2.24) is 10.3 Å². The standard InChI is InChI=1S/C16H23N3O2/c1-10(6-12(3)20)9-17-16(21)19-14-4-5-15-13(8-14)7-11(2)18-15/h4-5,7-8,10,12,18,20H,6,9H2,1-3H3,(H2,17,19,21). The first-order valence-corrected chi connectivity index (χ1v) is 7.26. The zero-order valence-corrected chi connectivity index (χ0v) is 12.7. The molecule has 0 saturated heterocycles. The molecule has 1 aromatic carbocycles. The van der Waals surface area contributed by atoms with E-state index >= 15 is 0 Å². The molecular weight excluding hydrogens is 266 g/mol. The summed E-state index contributed by atoms with van der Waals surface area (Å²) < 4.78 is 0. The van der Waals surface area contributed by atoms with Crippen molar-refractivity contribution in [3.8, 4) is 0 Å². The quantitative estimate of drug-likeness (QED) is 0.683. The van der Waals surface area contributed by atoms with Crippen molar-refractivity contribution in [3.05, 3.63) is 30.0 Å². The van der Waals surface area contributed by atoms with E-state index in [9.17, 15) is 9.90 Å². The molecule has 21 heavy (non-hydrogen) atoms. The highest BCUT2D eigenvalue weighted by Crippen LogP contribution is 2.19. The lowest BCUT2D eigenvalue weighted by Gasteiger charge is -2.14. The second-order valence-corrected chi connectivity index (χ2v) is 5.78. The van der Waals surface area contributed by atoms with Crippen LogP contribution in [0.2, 0.25) is 0 Å². The predicted molar refractivity (Wildman–Crippen MR) is 85.5 cm³/mol. The number of hydrogen-bond donors (Lipinski definition) is 4. The van der Waals surface area contributed by atoms with Crippen LogP contribution >= 0.6 is 0 Å². The van der Waals surface area contributed by atoms with Gasteiger partial charge in [-0.1, -0.05) is 6.92 Å². The van der Waals surface area contributed by atoms with Crippen molar-refractivity contribution in [2.75, 3.05) is 11.9 Å². The summed E-state index contributed by atoms with van der Waals surface area (Å²) in [6, 6.07) is 7.59. The number of anilines is 1. The molecular formula is C16H23N3O2. The Morgan fingerprint density at radius 1 is 1.33 bits per heavy atom.